The molecule has 1 radical (unpaired) electrons. The molecule has 5 nitrogen and oxygen atoms in total. The molecule has 0 heterocycles. The van der Waals surface area contributed by atoms with Gasteiger partial charge in [0.25, 0.3) is 0 Å². The van der Waals surface area contributed by atoms with Crippen molar-refractivity contribution in [2.45, 2.75) is 6.92 Å². The third kappa shape index (κ3) is 4.00. The molecule has 0 fully saturated rings. The number of carbonyl (C=O) groups is 2. The van der Waals surface area contributed by atoms with Crippen molar-refractivity contribution in [2.24, 2.45) is 0 Å². The highest BCUT2D eigenvalue weighted by Gasteiger charge is 2.07. The molecule has 16 heavy (non-hydrogen) atoms. The first kappa shape index (κ1) is 12.0. The Morgan fingerprint density at radius 3 is 2.50 bits per heavy atom. The van der Waals surface area contributed by atoms with Crippen LogP contribution in [0.5, 0.6) is 0 Å². The molecule has 0 spiro atoms. The summed E-state index contributed by atoms with van der Waals surface area (Å²) in [6.07, 6.45) is -0.864. The molecule has 1 aromatic carbocycles. The minimum absolute atomic E-state index is 0.210. The summed E-state index contributed by atoms with van der Waals surface area (Å²) in [5.41, 5.74) is 0.367. The quantitative estimate of drug-likeness (QED) is 0.575. The molecule has 1 aromatic rings. The van der Waals surface area contributed by atoms with Crippen LogP contribution in [0.4, 0.5) is 4.79 Å². The molecular formula is C11H11O5. The van der Waals surface area contributed by atoms with Crippen LogP contribution in [0.3, 0.4) is 0 Å². The summed E-state index contributed by atoms with van der Waals surface area (Å²) in [6, 6.07) is 9.03. The molecule has 1 rings (SSSR count). The lowest BCUT2D eigenvalue weighted by atomic mass is 10.2. The van der Waals surface area contributed by atoms with Crippen molar-refractivity contribution in [1.82, 2.24) is 0 Å². The monoisotopic (exact) mass is 223 g/mol. The maximum Gasteiger partial charge on any atom is 0.511 e. The van der Waals surface area contributed by atoms with E-state index in [0.717, 1.165) is 0 Å². The lowest BCUT2D eigenvalue weighted by Crippen LogP contribution is -2.13. The smallest absolute Gasteiger partial charge is 0.435 e. The first-order chi connectivity index (χ1) is 7.74. The van der Waals surface area contributed by atoms with Crippen molar-refractivity contribution in [3.05, 3.63) is 35.9 Å². The molecular weight excluding hydrogens is 212 g/mol. The van der Waals surface area contributed by atoms with Crippen LogP contribution in [0.15, 0.2) is 24.3 Å². The SMILES string of the molecule is CCOC(=O)OCOC(=O)c1cc[c]cc1. The Morgan fingerprint density at radius 1 is 1.19 bits per heavy atom. The van der Waals surface area contributed by atoms with Crippen molar-refractivity contribution in [1.29, 1.82) is 0 Å². The fraction of sp³-hybridized carbons (Fsp3) is 0.273. The third-order valence-electron chi connectivity index (χ3n) is 1.58. The maximum atomic E-state index is 11.3. The molecule has 5 heteroatoms. The zero-order valence-electron chi connectivity index (χ0n) is 8.76. The van der Waals surface area contributed by atoms with Crippen molar-refractivity contribution in [3.8, 4) is 0 Å². The summed E-state index contributed by atoms with van der Waals surface area (Å²) in [5, 5.41) is 0. The summed E-state index contributed by atoms with van der Waals surface area (Å²) in [5.74, 6) is -0.571. The topological polar surface area (TPSA) is 61.8 Å². The average Bonchev–Trinajstić information content (AvgIpc) is 2.30. The van der Waals surface area contributed by atoms with E-state index in [1.54, 1.807) is 31.2 Å². The van der Waals surface area contributed by atoms with Gasteiger partial charge >= 0.3 is 12.1 Å². The number of benzene rings is 1. The fourth-order valence-corrected chi connectivity index (χ4v) is 0.897. The predicted molar refractivity (Wildman–Crippen MR) is 53.7 cm³/mol. The Hall–Kier alpha value is -2.04. The van der Waals surface area contributed by atoms with Crippen molar-refractivity contribution < 1.29 is 23.8 Å². The van der Waals surface area contributed by atoms with E-state index in [9.17, 15) is 9.59 Å². The Kier molecular flexibility index (Phi) is 4.85. The van der Waals surface area contributed by atoms with Gasteiger partial charge in [0, 0.05) is 0 Å². The second-order valence-corrected chi connectivity index (χ2v) is 2.67. The number of ether oxygens (including phenoxy) is 3. The second-order valence-electron chi connectivity index (χ2n) is 2.67. The highest BCUT2D eigenvalue weighted by Crippen LogP contribution is 2.00. The van der Waals surface area contributed by atoms with Gasteiger partial charge in [0.15, 0.2) is 0 Å². The van der Waals surface area contributed by atoms with Gasteiger partial charge in [-0.3, -0.25) is 0 Å². The highest BCUT2D eigenvalue weighted by molar-refractivity contribution is 5.89. The highest BCUT2D eigenvalue weighted by atomic mass is 16.8. The van der Waals surface area contributed by atoms with Crippen LogP contribution in [0, 0.1) is 6.07 Å². The van der Waals surface area contributed by atoms with E-state index >= 15 is 0 Å². The minimum atomic E-state index is -0.864. The number of rotatable bonds is 4. The lowest BCUT2D eigenvalue weighted by Gasteiger charge is -2.05. The molecule has 0 saturated heterocycles. The van der Waals surface area contributed by atoms with E-state index in [-0.39, 0.29) is 6.61 Å². The van der Waals surface area contributed by atoms with Gasteiger partial charge in [0.2, 0.25) is 6.79 Å². The van der Waals surface area contributed by atoms with Crippen LogP contribution < -0.4 is 0 Å². The molecule has 0 atom stereocenters. The summed E-state index contributed by atoms with van der Waals surface area (Å²) < 4.78 is 13.6. The average molecular weight is 223 g/mol. The van der Waals surface area contributed by atoms with E-state index in [2.05, 4.69) is 20.3 Å². The molecule has 0 aliphatic carbocycles. The summed E-state index contributed by atoms with van der Waals surface area (Å²) in [7, 11) is 0. The van der Waals surface area contributed by atoms with E-state index in [1.165, 1.54) is 0 Å². The Labute approximate surface area is 92.9 Å². The number of carbonyl (C=O) groups excluding carboxylic acids is 2. The maximum absolute atomic E-state index is 11.3. The first-order valence-corrected chi connectivity index (χ1v) is 4.67. The van der Waals surface area contributed by atoms with Crippen LogP contribution >= 0.6 is 0 Å². The number of hydrogen-bond donors (Lipinski definition) is 0. The van der Waals surface area contributed by atoms with Gasteiger partial charge in [0.1, 0.15) is 0 Å². The van der Waals surface area contributed by atoms with Crippen LogP contribution in [0.2, 0.25) is 0 Å². The zero-order chi connectivity index (χ0) is 11.8. The van der Waals surface area contributed by atoms with Gasteiger partial charge in [-0.25, -0.2) is 9.59 Å². The second kappa shape index (κ2) is 6.44. The van der Waals surface area contributed by atoms with Crippen LogP contribution in [-0.4, -0.2) is 25.5 Å². The normalized spacial score (nSPS) is 9.31. The Balaban J connectivity index is 2.29. The molecule has 0 aliphatic rings. The summed E-state index contributed by atoms with van der Waals surface area (Å²) in [4.78, 5) is 22.0. The minimum Gasteiger partial charge on any atom is -0.435 e. The molecule has 85 valence electrons. The summed E-state index contributed by atoms with van der Waals surface area (Å²) >= 11 is 0. The molecule has 0 amide bonds. The third-order valence-corrected chi connectivity index (χ3v) is 1.58. The van der Waals surface area contributed by atoms with Gasteiger partial charge in [-0.15, -0.1) is 0 Å². The van der Waals surface area contributed by atoms with Crippen LogP contribution in [0.25, 0.3) is 0 Å². The number of hydrogen-bond acceptors (Lipinski definition) is 5. The Bertz CT molecular complexity index is 347. The van der Waals surface area contributed by atoms with Crippen molar-refractivity contribution >= 4 is 12.1 Å². The van der Waals surface area contributed by atoms with E-state index in [4.69, 9.17) is 0 Å². The number of esters is 1. The molecule has 0 N–H and O–H groups in total. The largest absolute Gasteiger partial charge is 0.511 e. The zero-order valence-corrected chi connectivity index (χ0v) is 8.76. The van der Waals surface area contributed by atoms with Gasteiger partial charge < -0.3 is 14.2 Å². The van der Waals surface area contributed by atoms with E-state index in [0.29, 0.717) is 5.56 Å². The standard InChI is InChI=1S/C11H11O5/c1-2-14-11(13)16-8-15-10(12)9-6-4-3-5-7-9/h4-7H,2,8H2,1H3. The van der Waals surface area contributed by atoms with E-state index < -0.39 is 18.9 Å². The van der Waals surface area contributed by atoms with Gasteiger partial charge in [-0.2, -0.15) is 0 Å². The molecule has 0 aliphatic heterocycles. The Morgan fingerprint density at radius 2 is 1.88 bits per heavy atom. The van der Waals surface area contributed by atoms with Crippen LogP contribution in [-0.2, 0) is 14.2 Å². The fourth-order valence-electron chi connectivity index (χ4n) is 0.897. The van der Waals surface area contributed by atoms with Crippen LogP contribution in [0.1, 0.15) is 17.3 Å². The predicted octanol–water partition coefficient (Wildman–Crippen LogP) is 1.77. The van der Waals surface area contributed by atoms with Crippen molar-refractivity contribution in [2.75, 3.05) is 13.4 Å². The van der Waals surface area contributed by atoms with Crippen molar-refractivity contribution in [3.63, 3.8) is 0 Å². The van der Waals surface area contributed by atoms with Gasteiger partial charge in [-0.1, -0.05) is 12.1 Å². The summed E-state index contributed by atoms with van der Waals surface area (Å²) in [6.45, 7) is 1.39. The van der Waals surface area contributed by atoms with E-state index in [1.807, 2.05) is 0 Å². The first-order valence-electron chi connectivity index (χ1n) is 4.67. The molecule has 0 bridgehead atoms. The lowest BCUT2D eigenvalue weighted by molar-refractivity contribution is -0.0261. The molecule has 0 unspecified atom stereocenters. The molecule has 0 aromatic heterocycles. The molecule has 0 saturated carbocycles. The van der Waals surface area contributed by atoms with Gasteiger partial charge in [-0.05, 0) is 25.1 Å². The van der Waals surface area contributed by atoms with Gasteiger partial charge in [0.05, 0.1) is 12.2 Å².